The van der Waals surface area contributed by atoms with E-state index >= 15 is 0 Å². The van der Waals surface area contributed by atoms with Crippen molar-refractivity contribution in [2.24, 2.45) is 5.73 Å². The molecule has 102 valence electrons. The Morgan fingerprint density at radius 1 is 1.16 bits per heavy atom. The van der Waals surface area contributed by atoms with E-state index < -0.39 is 5.54 Å². The molecule has 4 N–H and O–H groups in total. The first kappa shape index (κ1) is 13.5. The van der Waals surface area contributed by atoms with Crippen molar-refractivity contribution in [2.75, 3.05) is 13.1 Å². The first-order chi connectivity index (χ1) is 9.10. The monoisotopic (exact) mass is 261 g/mol. The molecule has 5 nitrogen and oxygen atoms in total. The summed E-state index contributed by atoms with van der Waals surface area (Å²) in [6, 6.07) is 9.91. The lowest BCUT2D eigenvalue weighted by molar-refractivity contribution is -0.127. The summed E-state index contributed by atoms with van der Waals surface area (Å²) in [7, 11) is 0. The van der Waals surface area contributed by atoms with Gasteiger partial charge in [-0.15, -0.1) is 0 Å². The van der Waals surface area contributed by atoms with Crippen LogP contribution in [0.1, 0.15) is 18.4 Å². The number of benzene rings is 1. The standard InChI is InChI=1S/C14H19N3O2/c15-14(7-8-14)13(19)17-10-12(18)16-9-6-11-4-2-1-3-5-11/h1-5H,6-10,15H2,(H,16,18)(H,17,19). The summed E-state index contributed by atoms with van der Waals surface area (Å²) >= 11 is 0. The molecule has 0 unspecified atom stereocenters. The van der Waals surface area contributed by atoms with Crippen LogP contribution in [0.2, 0.25) is 0 Å². The molecule has 1 aliphatic rings. The van der Waals surface area contributed by atoms with E-state index in [1.54, 1.807) is 0 Å². The minimum Gasteiger partial charge on any atom is -0.354 e. The summed E-state index contributed by atoms with van der Waals surface area (Å²) in [6.07, 6.45) is 2.18. The predicted octanol–water partition coefficient (Wildman–Crippen LogP) is -0.0472. The lowest BCUT2D eigenvalue weighted by Crippen LogP contribution is -2.46. The van der Waals surface area contributed by atoms with Gasteiger partial charge in [0.2, 0.25) is 11.8 Å². The normalized spacial score (nSPS) is 15.6. The molecule has 0 radical (unpaired) electrons. The van der Waals surface area contributed by atoms with Crippen LogP contribution >= 0.6 is 0 Å². The van der Waals surface area contributed by atoms with Crippen molar-refractivity contribution in [2.45, 2.75) is 24.8 Å². The van der Waals surface area contributed by atoms with E-state index in [-0.39, 0.29) is 18.4 Å². The molecule has 1 aliphatic carbocycles. The van der Waals surface area contributed by atoms with Crippen LogP contribution in [-0.2, 0) is 16.0 Å². The second-order valence-corrected chi connectivity index (χ2v) is 4.92. The van der Waals surface area contributed by atoms with Gasteiger partial charge in [-0.3, -0.25) is 9.59 Å². The van der Waals surface area contributed by atoms with Crippen LogP contribution in [0.15, 0.2) is 30.3 Å². The lowest BCUT2D eigenvalue weighted by Gasteiger charge is -2.10. The highest BCUT2D eigenvalue weighted by molar-refractivity contribution is 5.92. The van der Waals surface area contributed by atoms with Crippen molar-refractivity contribution >= 4 is 11.8 Å². The number of amides is 2. The van der Waals surface area contributed by atoms with Crippen molar-refractivity contribution in [3.05, 3.63) is 35.9 Å². The van der Waals surface area contributed by atoms with Crippen LogP contribution in [0, 0.1) is 0 Å². The Labute approximate surface area is 112 Å². The zero-order valence-electron chi connectivity index (χ0n) is 10.8. The quantitative estimate of drug-likeness (QED) is 0.671. The number of carbonyl (C=O) groups excluding carboxylic acids is 2. The first-order valence-corrected chi connectivity index (χ1v) is 6.48. The molecule has 2 amide bonds. The Hall–Kier alpha value is -1.88. The van der Waals surface area contributed by atoms with Gasteiger partial charge in [-0.2, -0.15) is 0 Å². The van der Waals surface area contributed by atoms with E-state index in [0.29, 0.717) is 19.4 Å². The molecule has 0 aliphatic heterocycles. The fourth-order valence-corrected chi connectivity index (χ4v) is 1.75. The molecule has 0 atom stereocenters. The smallest absolute Gasteiger partial charge is 0.240 e. The van der Waals surface area contributed by atoms with Gasteiger partial charge in [0.25, 0.3) is 0 Å². The summed E-state index contributed by atoms with van der Waals surface area (Å²) in [5.41, 5.74) is 6.16. The molecular weight excluding hydrogens is 242 g/mol. The summed E-state index contributed by atoms with van der Waals surface area (Å²) in [4.78, 5) is 23.0. The van der Waals surface area contributed by atoms with E-state index in [0.717, 1.165) is 6.42 Å². The minimum atomic E-state index is -0.718. The summed E-state index contributed by atoms with van der Waals surface area (Å²) in [5.74, 6) is -0.417. The van der Waals surface area contributed by atoms with Crippen LogP contribution in [0.4, 0.5) is 0 Å². The Balaban J connectivity index is 1.61. The third-order valence-corrected chi connectivity index (χ3v) is 3.23. The zero-order chi connectivity index (χ0) is 13.7. The molecule has 19 heavy (non-hydrogen) atoms. The number of carbonyl (C=O) groups is 2. The highest BCUT2D eigenvalue weighted by Gasteiger charge is 2.45. The molecule has 1 aromatic carbocycles. The van der Waals surface area contributed by atoms with E-state index in [1.165, 1.54) is 5.56 Å². The van der Waals surface area contributed by atoms with Crippen LogP contribution in [0.3, 0.4) is 0 Å². The number of hydrogen-bond acceptors (Lipinski definition) is 3. The second-order valence-electron chi connectivity index (χ2n) is 4.92. The van der Waals surface area contributed by atoms with Gasteiger partial charge in [-0.1, -0.05) is 30.3 Å². The summed E-state index contributed by atoms with van der Waals surface area (Å²) < 4.78 is 0. The number of nitrogens with one attached hydrogen (secondary N) is 2. The van der Waals surface area contributed by atoms with E-state index in [9.17, 15) is 9.59 Å². The second kappa shape index (κ2) is 5.84. The van der Waals surface area contributed by atoms with Gasteiger partial charge in [-0.25, -0.2) is 0 Å². The Bertz CT molecular complexity index is 455. The van der Waals surface area contributed by atoms with E-state index in [4.69, 9.17) is 5.73 Å². The van der Waals surface area contributed by atoms with Gasteiger partial charge >= 0.3 is 0 Å². The van der Waals surface area contributed by atoms with Crippen LogP contribution in [0.25, 0.3) is 0 Å². The molecular formula is C14H19N3O2. The number of hydrogen-bond donors (Lipinski definition) is 3. The topological polar surface area (TPSA) is 84.2 Å². The van der Waals surface area contributed by atoms with Crippen molar-refractivity contribution < 1.29 is 9.59 Å². The number of nitrogens with two attached hydrogens (primary N) is 1. The largest absolute Gasteiger partial charge is 0.354 e. The van der Waals surface area contributed by atoms with Gasteiger partial charge < -0.3 is 16.4 Å². The van der Waals surface area contributed by atoms with Gasteiger partial charge in [0.15, 0.2) is 0 Å². The third-order valence-electron chi connectivity index (χ3n) is 3.23. The Morgan fingerprint density at radius 2 is 1.84 bits per heavy atom. The van der Waals surface area contributed by atoms with Crippen molar-refractivity contribution in [1.29, 1.82) is 0 Å². The first-order valence-electron chi connectivity index (χ1n) is 6.48. The molecule has 0 spiro atoms. The maximum absolute atomic E-state index is 11.5. The highest BCUT2D eigenvalue weighted by Crippen LogP contribution is 2.31. The maximum atomic E-state index is 11.5. The average molecular weight is 261 g/mol. The lowest BCUT2D eigenvalue weighted by atomic mass is 10.1. The van der Waals surface area contributed by atoms with Crippen molar-refractivity contribution in [3.8, 4) is 0 Å². The molecule has 1 fully saturated rings. The molecule has 0 bridgehead atoms. The van der Waals surface area contributed by atoms with Crippen molar-refractivity contribution in [1.82, 2.24) is 10.6 Å². The molecule has 0 saturated heterocycles. The van der Waals surface area contributed by atoms with Gasteiger partial charge in [0.1, 0.15) is 0 Å². The van der Waals surface area contributed by atoms with Gasteiger partial charge in [-0.05, 0) is 24.8 Å². The summed E-state index contributed by atoms with van der Waals surface area (Å²) in [5, 5.41) is 5.32. The van der Waals surface area contributed by atoms with E-state index in [2.05, 4.69) is 10.6 Å². The molecule has 1 saturated carbocycles. The Morgan fingerprint density at radius 3 is 2.47 bits per heavy atom. The fourth-order valence-electron chi connectivity index (χ4n) is 1.75. The average Bonchev–Trinajstić information content (AvgIpc) is 3.16. The fraction of sp³-hybridized carbons (Fsp3) is 0.429. The number of rotatable bonds is 6. The van der Waals surface area contributed by atoms with Crippen LogP contribution < -0.4 is 16.4 Å². The molecule has 0 aromatic heterocycles. The minimum absolute atomic E-state index is 0.00737. The highest BCUT2D eigenvalue weighted by atomic mass is 16.2. The van der Waals surface area contributed by atoms with Gasteiger partial charge in [0, 0.05) is 6.54 Å². The predicted molar refractivity (Wildman–Crippen MR) is 72.3 cm³/mol. The molecule has 5 heteroatoms. The zero-order valence-corrected chi connectivity index (χ0v) is 10.8. The van der Waals surface area contributed by atoms with Gasteiger partial charge in [0.05, 0.1) is 12.1 Å². The van der Waals surface area contributed by atoms with E-state index in [1.807, 2.05) is 30.3 Å². The Kier molecular flexibility index (Phi) is 4.16. The van der Waals surface area contributed by atoms with Crippen LogP contribution in [0.5, 0.6) is 0 Å². The van der Waals surface area contributed by atoms with Crippen molar-refractivity contribution in [3.63, 3.8) is 0 Å². The maximum Gasteiger partial charge on any atom is 0.240 e. The molecule has 2 rings (SSSR count). The van der Waals surface area contributed by atoms with Crippen LogP contribution in [-0.4, -0.2) is 30.4 Å². The third kappa shape index (κ3) is 4.06. The SMILES string of the molecule is NC1(C(=O)NCC(=O)NCCc2ccccc2)CC1. The molecule has 0 heterocycles. The summed E-state index contributed by atoms with van der Waals surface area (Å²) in [6.45, 7) is 0.555. The molecule has 1 aromatic rings.